The number of carbonyl (C=O) groups is 1. The average molecular weight is 378 g/mol. The van der Waals surface area contributed by atoms with Crippen LogP contribution in [0, 0.1) is 11.8 Å². The number of pyridine rings is 1. The highest BCUT2D eigenvalue weighted by Gasteiger charge is 2.23. The topological polar surface area (TPSA) is 39.2 Å². The smallest absolute Gasteiger partial charge is 0.334 e. The van der Waals surface area contributed by atoms with Crippen LogP contribution in [-0.2, 0) is 9.53 Å². The second-order valence-electron chi connectivity index (χ2n) is 7.48. The van der Waals surface area contributed by atoms with Gasteiger partial charge in [0.05, 0.1) is 18.5 Å². The van der Waals surface area contributed by atoms with Crippen LogP contribution in [0.2, 0.25) is 0 Å². The lowest BCUT2D eigenvalue weighted by Gasteiger charge is -2.20. The quantitative estimate of drug-likeness (QED) is 0.413. The number of carbonyl (C=O) groups excluding carboxylic acids is 1. The van der Waals surface area contributed by atoms with Crippen LogP contribution in [0.4, 0.5) is 0 Å². The largest absolute Gasteiger partial charge is 0.466 e. The fourth-order valence-corrected chi connectivity index (χ4v) is 3.23. The lowest BCUT2D eigenvalue weighted by molar-refractivity contribution is -0.136. The van der Waals surface area contributed by atoms with E-state index in [1.807, 2.05) is 43.3 Å². The first-order valence-corrected chi connectivity index (χ1v) is 9.86. The minimum atomic E-state index is -0.278. The molecule has 2 aromatic rings. The molecule has 0 aliphatic rings. The monoisotopic (exact) mass is 377 g/mol. The molecule has 2 rings (SSSR count). The van der Waals surface area contributed by atoms with Gasteiger partial charge in [-0.15, -0.1) is 0 Å². The maximum absolute atomic E-state index is 12.5. The van der Waals surface area contributed by atoms with Gasteiger partial charge in [-0.05, 0) is 42.4 Å². The van der Waals surface area contributed by atoms with Crippen molar-refractivity contribution in [2.45, 2.75) is 41.0 Å². The van der Waals surface area contributed by atoms with E-state index in [2.05, 4.69) is 40.3 Å². The summed E-state index contributed by atoms with van der Waals surface area (Å²) in [5, 5.41) is 0. The Balaban J connectivity index is 2.73. The number of methoxy groups -OCH3 is 1. The number of aromatic nitrogens is 1. The summed E-state index contributed by atoms with van der Waals surface area (Å²) in [4.78, 5) is 17.5. The van der Waals surface area contributed by atoms with Crippen molar-refractivity contribution in [1.29, 1.82) is 0 Å². The van der Waals surface area contributed by atoms with E-state index in [9.17, 15) is 4.79 Å². The minimum absolute atomic E-state index is 0.0985. The van der Waals surface area contributed by atoms with Gasteiger partial charge < -0.3 is 4.74 Å². The average Bonchev–Trinajstić information content (AvgIpc) is 2.72. The predicted octanol–water partition coefficient (Wildman–Crippen LogP) is 6.41. The molecule has 0 saturated carbocycles. The van der Waals surface area contributed by atoms with Crippen LogP contribution >= 0.6 is 0 Å². The Hall–Kier alpha value is -2.68. The van der Waals surface area contributed by atoms with Crippen LogP contribution in [0.5, 0.6) is 0 Å². The number of hydrogen-bond acceptors (Lipinski definition) is 3. The zero-order valence-corrected chi connectivity index (χ0v) is 17.9. The first kappa shape index (κ1) is 21.6. The van der Waals surface area contributed by atoms with Gasteiger partial charge >= 0.3 is 5.97 Å². The number of nitrogens with zero attached hydrogens (tertiary/aromatic N) is 1. The molecule has 1 aromatic carbocycles. The molecule has 1 unspecified atom stereocenters. The van der Waals surface area contributed by atoms with Crippen LogP contribution < -0.4 is 0 Å². The zero-order chi connectivity index (χ0) is 20.8. The molecular weight excluding hydrogens is 346 g/mol. The van der Waals surface area contributed by atoms with Crippen molar-refractivity contribution < 1.29 is 9.53 Å². The number of hydrogen-bond donors (Lipinski definition) is 0. The summed E-state index contributed by atoms with van der Waals surface area (Å²) in [6, 6.07) is 14.2. The molecule has 0 aliphatic heterocycles. The number of esters is 1. The second-order valence-corrected chi connectivity index (χ2v) is 7.48. The van der Waals surface area contributed by atoms with Crippen molar-refractivity contribution in [3.8, 4) is 11.3 Å². The molecule has 0 fully saturated rings. The summed E-state index contributed by atoms with van der Waals surface area (Å²) in [6.45, 7) is 14.6. The van der Waals surface area contributed by atoms with Crippen molar-refractivity contribution in [2.24, 2.45) is 11.8 Å². The van der Waals surface area contributed by atoms with Crippen LogP contribution in [0.3, 0.4) is 0 Å². The first-order chi connectivity index (χ1) is 13.3. The molecule has 0 aliphatic carbocycles. The molecule has 0 bridgehead atoms. The van der Waals surface area contributed by atoms with E-state index in [0.717, 1.165) is 40.1 Å². The van der Waals surface area contributed by atoms with E-state index >= 15 is 0 Å². The van der Waals surface area contributed by atoms with Crippen LogP contribution in [0.1, 0.15) is 52.3 Å². The molecule has 148 valence electrons. The van der Waals surface area contributed by atoms with Crippen LogP contribution in [0.15, 0.2) is 54.6 Å². The van der Waals surface area contributed by atoms with E-state index in [4.69, 9.17) is 9.72 Å². The first-order valence-electron chi connectivity index (χ1n) is 9.86. The summed E-state index contributed by atoms with van der Waals surface area (Å²) in [5.74, 6) is 0.0664. The van der Waals surface area contributed by atoms with E-state index in [-0.39, 0.29) is 17.8 Å². The Labute approximate surface area is 169 Å². The van der Waals surface area contributed by atoms with Crippen molar-refractivity contribution in [3.05, 3.63) is 65.9 Å². The lowest BCUT2D eigenvalue weighted by Crippen LogP contribution is -2.14. The van der Waals surface area contributed by atoms with Crippen molar-refractivity contribution in [1.82, 2.24) is 4.98 Å². The van der Waals surface area contributed by atoms with Crippen molar-refractivity contribution in [3.63, 3.8) is 0 Å². The number of allylic oxidation sites excluding steroid dienone is 2. The molecule has 0 saturated heterocycles. The van der Waals surface area contributed by atoms with Gasteiger partial charge in [-0.3, -0.25) is 0 Å². The summed E-state index contributed by atoms with van der Waals surface area (Å²) < 4.78 is 5.08. The third-order valence-electron chi connectivity index (χ3n) is 5.28. The Morgan fingerprint density at radius 3 is 2.29 bits per heavy atom. The van der Waals surface area contributed by atoms with Crippen LogP contribution in [-0.4, -0.2) is 18.1 Å². The Bertz CT molecular complexity index is 879. The standard InChI is InChI=1S/C25H31NO2/c1-8-17(4)23(25(27)28-7)19(6)21-14-15-22(20-12-10-9-11-13-20)26-24(21)18(5)16(2)3/h9-17H,5,8H2,1-4,6-7H3/b23-19+. The van der Waals surface area contributed by atoms with E-state index in [1.54, 1.807) is 0 Å². The van der Waals surface area contributed by atoms with E-state index in [0.29, 0.717) is 5.57 Å². The van der Waals surface area contributed by atoms with Gasteiger partial charge in [-0.2, -0.15) is 0 Å². The molecule has 1 heterocycles. The van der Waals surface area contributed by atoms with Gasteiger partial charge in [-0.1, -0.05) is 70.7 Å². The number of benzene rings is 1. The molecule has 28 heavy (non-hydrogen) atoms. The van der Waals surface area contributed by atoms with Crippen LogP contribution in [0.25, 0.3) is 22.4 Å². The van der Waals surface area contributed by atoms with Gasteiger partial charge in [0.2, 0.25) is 0 Å². The lowest BCUT2D eigenvalue weighted by atomic mass is 9.87. The summed E-state index contributed by atoms with van der Waals surface area (Å²) in [6.07, 6.45) is 0.859. The molecule has 0 amide bonds. The van der Waals surface area contributed by atoms with Crippen molar-refractivity contribution >= 4 is 17.1 Å². The summed E-state index contributed by atoms with van der Waals surface area (Å²) in [7, 11) is 1.43. The molecule has 3 nitrogen and oxygen atoms in total. The van der Waals surface area contributed by atoms with Crippen molar-refractivity contribution in [2.75, 3.05) is 7.11 Å². The maximum atomic E-state index is 12.5. The zero-order valence-electron chi connectivity index (χ0n) is 17.9. The Morgan fingerprint density at radius 1 is 1.11 bits per heavy atom. The highest BCUT2D eigenvalue weighted by molar-refractivity contribution is 5.99. The summed E-state index contributed by atoms with van der Waals surface area (Å²) in [5.41, 5.74) is 6.32. The van der Waals surface area contributed by atoms with Gasteiger partial charge in [0, 0.05) is 16.7 Å². The SMILES string of the molecule is C=C(c1nc(-c2ccccc2)ccc1/C(C)=C(/C(=O)OC)C(C)CC)C(C)C. The molecule has 1 aromatic heterocycles. The molecule has 0 radical (unpaired) electrons. The Morgan fingerprint density at radius 2 is 1.75 bits per heavy atom. The predicted molar refractivity (Wildman–Crippen MR) is 118 cm³/mol. The van der Waals surface area contributed by atoms with E-state index in [1.165, 1.54) is 7.11 Å². The fourth-order valence-electron chi connectivity index (χ4n) is 3.23. The molecular formula is C25H31NO2. The number of ether oxygens (including phenoxy) is 1. The maximum Gasteiger partial charge on any atom is 0.334 e. The normalized spacial score (nSPS) is 13.1. The third-order valence-corrected chi connectivity index (χ3v) is 5.28. The molecule has 3 heteroatoms. The third kappa shape index (κ3) is 4.59. The fraction of sp³-hybridized carbons (Fsp3) is 0.360. The van der Waals surface area contributed by atoms with Gasteiger partial charge in [0.1, 0.15) is 0 Å². The molecule has 1 atom stereocenters. The van der Waals surface area contributed by atoms with Gasteiger partial charge in [-0.25, -0.2) is 9.78 Å². The Kier molecular flexibility index (Phi) is 7.33. The van der Waals surface area contributed by atoms with E-state index < -0.39 is 0 Å². The minimum Gasteiger partial charge on any atom is -0.466 e. The molecule has 0 N–H and O–H groups in total. The summed E-state index contributed by atoms with van der Waals surface area (Å²) >= 11 is 0. The molecule has 0 spiro atoms. The van der Waals surface area contributed by atoms with Gasteiger partial charge in [0.25, 0.3) is 0 Å². The number of rotatable bonds is 7. The highest BCUT2D eigenvalue weighted by Crippen LogP contribution is 2.34. The second kappa shape index (κ2) is 9.50. The van der Waals surface area contributed by atoms with Gasteiger partial charge in [0.15, 0.2) is 0 Å². The highest BCUT2D eigenvalue weighted by atomic mass is 16.5.